The molecule has 2 aromatic heterocycles. The summed E-state index contributed by atoms with van der Waals surface area (Å²) < 4.78 is 42.7. The lowest BCUT2D eigenvalue weighted by Gasteiger charge is -2.12. The number of imidazole rings is 1. The molecule has 34 heavy (non-hydrogen) atoms. The number of hydrogen-bond donors (Lipinski definition) is 1. The second-order valence-corrected chi connectivity index (χ2v) is 7.09. The fraction of sp³-hybridized carbons (Fsp3) is 0.120. The van der Waals surface area contributed by atoms with Crippen LogP contribution in [0.2, 0.25) is 0 Å². The lowest BCUT2D eigenvalue weighted by Crippen LogP contribution is -2.08. The second-order valence-electron chi connectivity index (χ2n) is 7.09. The van der Waals surface area contributed by atoms with Crippen molar-refractivity contribution in [2.45, 2.75) is 13.2 Å². The largest absolute Gasteiger partial charge is 0.493 e. The molecule has 0 aliphatic rings. The van der Waals surface area contributed by atoms with Gasteiger partial charge < -0.3 is 23.9 Å². The first kappa shape index (κ1) is 22.8. The van der Waals surface area contributed by atoms with Gasteiger partial charge in [-0.15, -0.1) is 0 Å². The highest BCUT2D eigenvalue weighted by atomic mass is 19.3. The number of hydrogen-bond acceptors (Lipinski definition) is 5. The third-order valence-corrected chi connectivity index (χ3v) is 4.77. The van der Waals surface area contributed by atoms with Crippen molar-refractivity contribution in [2.75, 3.05) is 12.4 Å². The van der Waals surface area contributed by atoms with Gasteiger partial charge in [-0.3, -0.25) is 4.79 Å². The van der Waals surface area contributed by atoms with E-state index >= 15 is 0 Å². The zero-order valence-electron chi connectivity index (χ0n) is 18.2. The van der Waals surface area contributed by atoms with Crippen molar-refractivity contribution in [2.24, 2.45) is 0 Å². The number of ether oxygens (including phenoxy) is 3. The molecule has 1 amide bonds. The lowest BCUT2D eigenvalue weighted by atomic mass is 10.2. The molecular formula is C25H21F2N3O4. The molecule has 4 rings (SSSR count). The smallest absolute Gasteiger partial charge is 0.387 e. The average molecular weight is 465 g/mol. The first-order valence-electron chi connectivity index (χ1n) is 10.3. The van der Waals surface area contributed by atoms with E-state index in [1.165, 1.54) is 25.3 Å². The van der Waals surface area contributed by atoms with Gasteiger partial charge in [0.25, 0.3) is 0 Å². The van der Waals surface area contributed by atoms with Gasteiger partial charge in [-0.1, -0.05) is 24.3 Å². The molecule has 0 atom stereocenters. The molecule has 0 spiro atoms. The van der Waals surface area contributed by atoms with Crippen molar-refractivity contribution in [3.05, 3.63) is 90.4 Å². The summed E-state index contributed by atoms with van der Waals surface area (Å²) in [6.07, 6.45) is 6.40. The van der Waals surface area contributed by atoms with Gasteiger partial charge in [-0.2, -0.15) is 8.78 Å². The van der Waals surface area contributed by atoms with Crippen LogP contribution >= 0.6 is 0 Å². The van der Waals surface area contributed by atoms with E-state index in [2.05, 4.69) is 15.0 Å². The summed E-state index contributed by atoms with van der Waals surface area (Å²) >= 11 is 0. The predicted molar refractivity (Wildman–Crippen MR) is 123 cm³/mol. The normalized spacial score (nSPS) is 11.2. The second kappa shape index (κ2) is 10.5. The Morgan fingerprint density at radius 1 is 1.09 bits per heavy atom. The standard InChI is InChI=1S/C25H21F2N3O4/c1-32-21-11-10-18(14-22(21)33-16-19-15-30-13-5-4-8-23(30)28-19)29-24(31)12-9-17-6-2-3-7-20(17)34-25(26)27/h2-15,25H,16H2,1H3,(H,29,31)/b12-9+. The number of carbonyl (C=O) groups excluding carboxylic acids is 1. The molecule has 0 aliphatic heterocycles. The molecule has 2 heterocycles. The lowest BCUT2D eigenvalue weighted by molar-refractivity contribution is -0.111. The van der Waals surface area contributed by atoms with Crippen molar-refractivity contribution in [1.82, 2.24) is 9.38 Å². The minimum absolute atomic E-state index is 0.0198. The van der Waals surface area contributed by atoms with Crippen LogP contribution in [0.15, 0.2) is 79.1 Å². The molecule has 1 N–H and O–H groups in total. The Balaban J connectivity index is 1.44. The van der Waals surface area contributed by atoms with Crippen LogP contribution in [0.25, 0.3) is 11.7 Å². The molecule has 0 radical (unpaired) electrons. The number of nitrogens with one attached hydrogen (secondary N) is 1. The Hall–Kier alpha value is -4.40. The van der Waals surface area contributed by atoms with Gasteiger partial charge in [0, 0.05) is 35.8 Å². The Morgan fingerprint density at radius 2 is 1.91 bits per heavy atom. The van der Waals surface area contributed by atoms with Gasteiger partial charge >= 0.3 is 6.61 Å². The van der Waals surface area contributed by atoms with Crippen molar-refractivity contribution < 1.29 is 27.8 Å². The van der Waals surface area contributed by atoms with Crippen molar-refractivity contribution in [3.8, 4) is 17.2 Å². The van der Waals surface area contributed by atoms with Gasteiger partial charge in [0.05, 0.1) is 12.8 Å². The number of methoxy groups -OCH3 is 1. The zero-order valence-corrected chi connectivity index (χ0v) is 18.2. The Bertz CT molecular complexity index is 1290. The van der Waals surface area contributed by atoms with Crippen LogP contribution in [0, 0.1) is 0 Å². The van der Waals surface area contributed by atoms with Gasteiger partial charge in [-0.05, 0) is 36.4 Å². The number of alkyl halides is 2. The first-order chi connectivity index (χ1) is 16.5. The van der Waals surface area contributed by atoms with E-state index in [1.807, 2.05) is 35.0 Å². The number of anilines is 1. The number of aromatic nitrogens is 2. The maximum Gasteiger partial charge on any atom is 0.387 e. The topological polar surface area (TPSA) is 74.1 Å². The highest BCUT2D eigenvalue weighted by Gasteiger charge is 2.10. The van der Waals surface area contributed by atoms with Crippen LogP contribution in [-0.4, -0.2) is 29.0 Å². The summed E-state index contributed by atoms with van der Waals surface area (Å²) in [7, 11) is 1.52. The van der Waals surface area contributed by atoms with E-state index in [0.717, 1.165) is 11.3 Å². The number of halogens is 2. The van der Waals surface area contributed by atoms with E-state index < -0.39 is 12.5 Å². The Morgan fingerprint density at radius 3 is 2.71 bits per heavy atom. The summed E-state index contributed by atoms with van der Waals surface area (Å²) in [6, 6.07) is 16.9. The first-order valence-corrected chi connectivity index (χ1v) is 10.3. The SMILES string of the molecule is COc1ccc(NC(=O)/C=C/c2ccccc2OC(F)F)cc1OCc1cn2ccccc2n1. The third-order valence-electron chi connectivity index (χ3n) is 4.77. The molecule has 7 nitrogen and oxygen atoms in total. The molecule has 2 aromatic carbocycles. The van der Waals surface area contributed by atoms with E-state index in [-0.39, 0.29) is 12.4 Å². The molecule has 0 bridgehead atoms. The number of nitrogens with zero attached hydrogens (tertiary/aromatic N) is 2. The summed E-state index contributed by atoms with van der Waals surface area (Å²) in [4.78, 5) is 16.9. The van der Waals surface area contributed by atoms with Gasteiger partial charge in [0.2, 0.25) is 5.91 Å². The molecule has 0 saturated heterocycles. The van der Waals surface area contributed by atoms with E-state index in [1.54, 1.807) is 36.4 Å². The summed E-state index contributed by atoms with van der Waals surface area (Å²) in [5.41, 5.74) is 2.36. The highest BCUT2D eigenvalue weighted by molar-refractivity contribution is 6.02. The fourth-order valence-electron chi connectivity index (χ4n) is 3.25. The summed E-state index contributed by atoms with van der Waals surface area (Å²) in [5, 5.41) is 2.71. The predicted octanol–water partition coefficient (Wildman–Crippen LogP) is 5.18. The molecule has 0 saturated carbocycles. The number of carbonyl (C=O) groups is 1. The van der Waals surface area contributed by atoms with Crippen LogP contribution in [0.1, 0.15) is 11.3 Å². The van der Waals surface area contributed by atoms with E-state index in [0.29, 0.717) is 22.7 Å². The number of pyridine rings is 1. The fourth-order valence-corrected chi connectivity index (χ4v) is 3.25. The molecule has 0 unspecified atom stereocenters. The maximum atomic E-state index is 12.6. The monoisotopic (exact) mass is 465 g/mol. The summed E-state index contributed by atoms with van der Waals surface area (Å²) in [6.45, 7) is -2.75. The van der Waals surface area contributed by atoms with E-state index in [9.17, 15) is 13.6 Å². The van der Waals surface area contributed by atoms with Gasteiger partial charge in [0.1, 0.15) is 18.0 Å². The molecule has 0 aliphatic carbocycles. The van der Waals surface area contributed by atoms with Crippen molar-refractivity contribution >= 4 is 23.3 Å². The molecule has 9 heteroatoms. The van der Waals surface area contributed by atoms with Crippen LogP contribution < -0.4 is 19.5 Å². The highest BCUT2D eigenvalue weighted by Crippen LogP contribution is 2.31. The Labute approximate surface area is 194 Å². The minimum Gasteiger partial charge on any atom is -0.493 e. The molecule has 4 aromatic rings. The van der Waals surface area contributed by atoms with Crippen molar-refractivity contribution in [1.29, 1.82) is 0 Å². The van der Waals surface area contributed by atoms with Crippen LogP contribution in [0.4, 0.5) is 14.5 Å². The van der Waals surface area contributed by atoms with E-state index in [4.69, 9.17) is 9.47 Å². The van der Waals surface area contributed by atoms with Crippen LogP contribution in [0.5, 0.6) is 17.2 Å². The third kappa shape index (κ3) is 5.69. The van der Waals surface area contributed by atoms with Gasteiger partial charge in [-0.25, -0.2) is 4.98 Å². The number of rotatable bonds is 9. The average Bonchev–Trinajstić information content (AvgIpc) is 3.25. The molecular weight excluding hydrogens is 444 g/mol. The van der Waals surface area contributed by atoms with Gasteiger partial charge in [0.15, 0.2) is 11.5 Å². The zero-order chi connectivity index (χ0) is 23.9. The molecule has 0 fully saturated rings. The number of amides is 1. The van der Waals surface area contributed by atoms with Crippen LogP contribution in [-0.2, 0) is 11.4 Å². The van der Waals surface area contributed by atoms with Crippen molar-refractivity contribution in [3.63, 3.8) is 0 Å². The number of fused-ring (bicyclic) bond motifs is 1. The minimum atomic E-state index is -2.96. The number of benzene rings is 2. The summed E-state index contributed by atoms with van der Waals surface area (Å²) in [5.74, 6) is 0.448. The Kier molecular flexibility index (Phi) is 7.02. The number of para-hydroxylation sites is 1. The van der Waals surface area contributed by atoms with Crippen LogP contribution in [0.3, 0.4) is 0 Å². The quantitative estimate of drug-likeness (QED) is 0.345. The molecule has 174 valence electrons. The maximum absolute atomic E-state index is 12.6.